The van der Waals surface area contributed by atoms with E-state index in [2.05, 4.69) is 9.58 Å². The Morgan fingerprint density at radius 1 is 1.14 bits per heavy atom. The second-order valence-electron chi connectivity index (χ2n) is 4.29. The first-order valence-electron chi connectivity index (χ1n) is 5.71. The molecule has 0 radical (unpaired) electrons. The number of carbonyl (C=O) groups excluding carboxylic acids is 1. The van der Waals surface area contributed by atoms with Crippen LogP contribution in [-0.4, -0.2) is 19.1 Å². The summed E-state index contributed by atoms with van der Waals surface area (Å²) in [5.41, 5.74) is -3.41. The molecule has 3 nitrogen and oxygen atoms in total. The van der Waals surface area contributed by atoms with Gasteiger partial charge in [-0.2, -0.15) is 26.3 Å². The van der Waals surface area contributed by atoms with Gasteiger partial charge in [0.1, 0.15) is 0 Å². The van der Waals surface area contributed by atoms with Crippen LogP contribution < -0.4 is 0 Å². The van der Waals surface area contributed by atoms with E-state index in [-0.39, 0.29) is 6.07 Å². The first-order chi connectivity index (χ1) is 9.98. The third-order valence-corrected chi connectivity index (χ3v) is 2.71. The van der Waals surface area contributed by atoms with Gasteiger partial charge in [0.15, 0.2) is 0 Å². The lowest BCUT2D eigenvalue weighted by molar-refractivity contribution is -0.143. The highest BCUT2D eigenvalue weighted by Gasteiger charge is 2.37. The van der Waals surface area contributed by atoms with Crippen LogP contribution in [0.4, 0.5) is 26.3 Å². The molecule has 0 aliphatic rings. The minimum absolute atomic E-state index is 0.0194. The van der Waals surface area contributed by atoms with Crippen molar-refractivity contribution in [1.82, 2.24) is 0 Å². The Morgan fingerprint density at radius 2 is 1.59 bits per heavy atom. The molecule has 1 aromatic rings. The van der Waals surface area contributed by atoms with Crippen molar-refractivity contribution in [3.63, 3.8) is 0 Å². The number of hydrogen-bond acceptors (Lipinski definition) is 2. The highest BCUT2D eigenvalue weighted by atomic mass is 19.4. The standard InChI is InChI=1S/C13H9F6NO2/c1-20-10(11(21)22-2)5-7-3-8(12(14,15)16)6-9(4-7)13(17,18)19/h3-4,6,10H,5H2,2H3. The van der Waals surface area contributed by atoms with Crippen LogP contribution in [0.2, 0.25) is 0 Å². The molecule has 1 atom stereocenters. The number of hydrogen-bond donors (Lipinski definition) is 0. The van der Waals surface area contributed by atoms with E-state index < -0.39 is 47.5 Å². The number of benzene rings is 1. The number of nitrogens with zero attached hydrogens (tertiary/aromatic N) is 1. The number of alkyl halides is 6. The van der Waals surface area contributed by atoms with Gasteiger partial charge in [0.05, 0.1) is 24.7 Å². The average molecular weight is 325 g/mol. The smallest absolute Gasteiger partial charge is 0.416 e. The van der Waals surface area contributed by atoms with Crippen LogP contribution in [0.5, 0.6) is 0 Å². The Morgan fingerprint density at radius 3 is 1.91 bits per heavy atom. The molecule has 0 spiro atoms. The molecular weight excluding hydrogens is 316 g/mol. The molecule has 0 N–H and O–H groups in total. The van der Waals surface area contributed by atoms with Crippen molar-refractivity contribution in [2.45, 2.75) is 24.8 Å². The minimum atomic E-state index is -4.98. The topological polar surface area (TPSA) is 30.7 Å². The van der Waals surface area contributed by atoms with Gasteiger partial charge in [-0.1, -0.05) is 0 Å². The first-order valence-corrected chi connectivity index (χ1v) is 5.71. The third-order valence-electron chi connectivity index (χ3n) is 2.71. The highest BCUT2D eigenvalue weighted by molar-refractivity contribution is 5.78. The van der Waals surface area contributed by atoms with Gasteiger partial charge < -0.3 is 9.58 Å². The summed E-state index contributed by atoms with van der Waals surface area (Å²) < 4.78 is 80.2. The lowest BCUT2D eigenvalue weighted by atomic mass is 10.00. The molecular formula is C13H9F6NO2. The molecule has 120 valence electrons. The van der Waals surface area contributed by atoms with Crippen molar-refractivity contribution in [2.24, 2.45) is 0 Å². The van der Waals surface area contributed by atoms with Gasteiger partial charge in [0, 0.05) is 0 Å². The van der Waals surface area contributed by atoms with Crippen molar-refractivity contribution in [3.8, 4) is 0 Å². The first kappa shape index (κ1) is 17.8. The molecule has 0 aromatic heterocycles. The molecule has 0 saturated heterocycles. The highest BCUT2D eigenvalue weighted by Crippen LogP contribution is 2.36. The monoisotopic (exact) mass is 325 g/mol. The van der Waals surface area contributed by atoms with E-state index in [4.69, 9.17) is 6.57 Å². The molecule has 0 amide bonds. The maximum Gasteiger partial charge on any atom is 0.416 e. The predicted molar refractivity (Wildman–Crippen MR) is 62.6 cm³/mol. The molecule has 1 unspecified atom stereocenters. The van der Waals surface area contributed by atoms with E-state index in [0.717, 1.165) is 7.11 Å². The van der Waals surface area contributed by atoms with E-state index in [1.165, 1.54) is 0 Å². The van der Waals surface area contributed by atoms with Crippen molar-refractivity contribution in [3.05, 3.63) is 46.3 Å². The van der Waals surface area contributed by atoms with Crippen LogP contribution in [0.15, 0.2) is 18.2 Å². The van der Waals surface area contributed by atoms with Gasteiger partial charge in [0.25, 0.3) is 0 Å². The molecule has 0 aliphatic carbocycles. The van der Waals surface area contributed by atoms with Gasteiger partial charge in [-0.15, -0.1) is 0 Å². The third kappa shape index (κ3) is 4.38. The molecule has 0 fully saturated rings. The Labute approximate surface area is 121 Å². The molecule has 1 rings (SSSR count). The second-order valence-corrected chi connectivity index (χ2v) is 4.29. The molecule has 9 heteroatoms. The normalized spacial score (nSPS) is 13.4. The molecule has 0 bridgehead atoms. The van der Waals surface area contributed by atoms with Crippen molar-refractivity contribution in [1.29, 1.82) is 0 Å². The number of ether oxygens (including phenoxy) is 1. The SMILES string of the molecule is [C-]#[N+]C(Cc1cc(C(F)(F)F)cc(C(F)(F)F)c1)C(=O)OC. The van der Waals surface area contributed by atoms with Crippen LogP contribution in [0.3, 0.4) is 0 Å². The summed E-state index contributed by atoms with van der Waals surface area (Å²) in [4.78, 5) is 14.1. The van der Waals surface area contributed by atoms with Crippen molar-refractivity contribution >= 4 is 5.97 Å². The van der Waals surface area contributed by atoms with Crippen LogP contribution in [0.1, 0.15) is 16.7 Å². The summed E-state index contributed by atoms with van der Waals surface area (Å²) in [7, 11) is 0.966. The van der Waals surface area contributed by atoms with Gasteiger partial charge in [-0.05, 0) is 23.8 Å². The second kappa shape index (κ2) is 6.25. The zero-order valence-electron chi connectivity index (χ0n) is 11.0. The Bertz CT molecular complexity index is 568. The fourth-order valence-corrected chi connectivity index (χ4v) is 1.68. The summed E-state index contributed by atoms with van der Waals surface area (Å²) in [5.74, 6) is -1.03. The van der Waals surface area contributed by atoms with Crippen LogP contribution in [0, 0.1) is 6.57 Å². The van der Waals surface area contributed by atoms with Gasteiger partial charge >= 0.3 is 24.4 Å². The van der Waals surface area contributed by atoms with Gasteiger partial charge in [-0.25, -0.2) is 11.4 Å². The lowest BCUT2D eigenvalue weighted by Crippen LogP contribution is -2.22. The van der Waals surface area contributed by atoms with Gasteiger partial charge in [0.2, 0.25) is 0 Å². The number of esters is 1. The van der Waals surface area contributed by atoms with E-state index in [1.54, 1.807) is 0 Å². The number of carbonyl (C=O) groups is 1. The maximum atomic E-state index is 12.7. The molecule has 1 aromatic carbocycles. The summed E-state index contributed by atoms with van der Waals surface area (Å²) in [6.45, 7) is 6.78. The fourth-order valence-electron chi connectivity index (χ4n) is 1.68. The van der Waals surface area contributed by atoms with Crippen molar-refractivity contribution < 1.29 is 35.9 Å². The Kier molecular flexibility index (Phi) is 5.06. The number of rotatable bonds is 3. The summed E-state index contributed by atoms with van der Waals surface area (Å²) in [6.07, 6.45) is -10.6. The van der Waals surface area contributed by atoms with Crippen molar-refractivity contribution in [2.75, 3.05) is 7.11 Å². The quantitative estimate of drug-likeness (QED) is 0.482. The summed E-state index contributed by atoms with van der Waals surface area (Å²) >= 11 is 0. The minimum Gasteiger partial charge on any atom is -0.463 e. The van der Waals surface area contributed by atoms with Crippen LogP contribution >= 0.6 is 0 Å². The molecule has 0 aliphatic heterocycles. The average Bonchev–Trinajstić information content (AvgIpc) is 2.41. The van der Waals surface area contributed by atoms with Crippen LogP contribution in [-0.2, 0) is 28.3 Å². The number of methoxy groups -OCH3 is 1. The fraction of sp³-hybridized carbons (Fsp3) is 0.385. The Hall–Kier alpha value is -2.24. The maximum absolute atomic E-state index is 12.7. The molecule has 22 heavy (non-hydrogen) atoms. The summed E-state index contributed by atoms with van der Waals surface area (Å²) in [5, 5.41) is 0. The summed E-state index contributed by atoms with van der Waals surface area (Å²) in [6, 6.07) is -0.559. The predicted octanol–water partition coefficient (Wildman–Crippen LogP) is 3.73. The van der Waals surface area contributed by atoms with E-state index in [9.17, 15) is 31.1 Å². The largest absolute Gasteiger partial charge is 0.463 e. The van der Waals surface area contributed by atoms with E-state index in [0.29, 0.717) is 12.1 Å². The number of halogens is 6. The van der Waals surface area contributed by atoms with E-state index >= 15 is 0 Å². The van der Waals surface area contributed by atoms with Crippen LogP contribution in [0.25, 0.3) is 4.85 Å². The molecule has 0 saturated carbocycles. The molecule has 0 heterocycles. The van der Waals surface area contributed by atoms with Gasteiger partial charge in [-0.3, -0.25) is 0 Å². The zero-order chi connectivity index (χ0) is 17.1. The Balaban J connectivity index is 3.30. The lowest BCUT2D eigenvalue weighted by Gasteiger charge is -2.14. The zero-order valence-corrected chi connectivity index (χ0v) is 11.0. The van der Waals surface area contributed by atoms with E-state index in [1.807, 2.05) is 0 Å².